The van der Waals surface area contributed by atoms with E-state index in [2.05, 4.69) is 5.32 Å². The van der Waals surface area contributed by atoms with Gasteiger partial charge in [-0.05, 0) is 19.4 Å². The summed E-state index contributed by atoms with van der Waals surface area (Å²) in [5.74, 6) is -0.870. The van der Waals surface area contributed by atoms with Crippen molar-refractivity contribution in [2.75, 3.05) is 6.61 Å². The van der Waals surface area contributed by atoms with Crippen molar-refractivity contribution in [3.8, 4) is 0 Å². The van der Waals surface area contributed by atoms with Gasteiger partial charge in [-0.3, -0.25) is 14.9 Å². The predicted octanol–water partition coefficient (Wildman–Crippen LogP) is 2.11. The van der Waals surface area contributed by atoms with Crippen LogP contribution >= 0.6 is 0 Å². The van der Waals surface area contributed by atoms with Crippen molar-refractivity contribution < 1.29 is 28.0 Å². The fraction of sp³-hybridized carbons (Fsp3) is 0.417. The highest BCUT2D eigenvalue weighted by atomic mass is 19.4. The normalized spacial score (nSPS) is 12.8. The molecular weight excluding hydrogens is 293 g/mol. The molecule has 0 spiro atoms. The monoisotopic (exact) mass is 306 g/mol. The summed E-state index contributed by atoms with van der Waals surface area (Å²) in [6.45, 7) is 1.35. The van der Waals surface area contributed by atoms with Crippen LogP contribution < -0.4 is 5.32 Å². The standard InChI is InChI=1S/C12H13F3N2O4/c1-7(2-3-18)16-11(19)8-4-9(12(13,14)15)6-10(5-8)17(20)21/h4-7,18H,2-3H2,1H3,(H,16,19). The molecule has 0 fully saturated rings. The first-order valence-electron chi connectivity index (χ1n) is 5.93. The Morgan fingerprint density at radius 3 is 2.52 bits per heavy atom. The molecule has 21 heavy (non-hydrogen) atoms. The first kappa shape index (κ1) is 16.9. The smallest absolute Gasteiger partial charge is 0.396 e. The molecule has 1 aromatic carbocycles. The second kappa shape index (κ2) is 6.53. The van der Waals surface area contributed by atoms with Gasteiger partial charge in [-0.15, -0.1) is 0 Å². The summed E-state index contributed by atoms with van der Waals surface area (Å²) in [4.78, 5) is 21.5. The first-order chi connectivity index (χ1) is 9.65. The number of benzene rings is 1. The molecule has 2 N–H and O–H groups in total. The van der Waals surface area contributed by atoms with Gasteiger partial charge in [-0.25, -0.2) is 0 Å². The van der Waals surface area contributed by atoms with Crippen molar-refractivity contribution in [3.05, 3.63) is 39.4 Å². The number of aliphatic hydroxyl groups excluding tert-OH is 1. The minimum absolute atomic E-state index is 0.204. The number of non-ortho nitro benzene ring substituents is 1. The number of halogens is 3. The van der Waals surface area contributed by atoms with Gasteiger partial charge in [-0.1, -0.05) is 0 Å². The van der Waals surface area contributed by atoms with E-state index in [-0.39, 0.29) is 13.0 Å². The molecular formula is C12H13F3N2O4. The van der Waals surface area contributed by atoms with E-state index >= 15 is 0 Å². The maximum atomic E-state index is 12.7. The second-order valence-electron chi connectivity index (χ2n) is 4.41. The molecule has 0 aromatic heterocycles. The molecule has 0 saturated carbocycles. The minimum Gasteiger partial charge on any atom is -0.396 e. The average Bonchev–Trinajstić information content (AvgIpc) is 2.37. The number of amides is 1. The fourth-order valence-electron chi connectivity index (χ4n) is 1.58. The maximum Gasteiger partial charge on any atom is 0.416 e. The number of hydrogen-bond donors (Lipinski definition) is 2. The summed E-state index contributed by atoms with van der Waals surface area (Å²) in [7, 11) is 0. The molecule has 0 aliphatic carbocycles. The van der Waals surface area contributed by atoms with Crippen LogP contribution in [0.15, 0.2) is 18.2 Å². The number of hydrogen-bond acceptors (Lipinski definition) is 4. The van der Waals surface area contributed by atoms with Crippen molar-refractivity contribution >= 4 is 11.6 Å². The zero-order valence-electron chi connectivity index (χ0n) is 11.0. The van der Waals surface area contributed by atoms with E-state index in [1.807, 2.05) is 0 Å². The van der Waals surface area contributed by atoms with Crippen LogP contribution in [0, 0.1) is 10.1 Å². The highest BCUT2D eigenvalue weighted by Gasteiger charge is 2.33. The number of rotatable bonds is 5. The summed E-state index contributed by atoms with van der Waals surface area (Å²) >= 11 is 0. The van der Waals surface area contributed by atoms with E-state index in [0.717, 1.165) is 6.07 Å². The number of alkyl halides is 3. The van der Waals surface area contributed by atoms with E-state index in [1.54, 1.807) is 6.92 Å². The van der Waals surface area contributed by atoms with Crippen LogP contribution in [0.2, 0.25) is 0 Å². The molecule has 0 radical (unpaired) electrons. The summed E-state index contributed by atoms with van der Waals surface area (Å²) in [6, 6.07) is 1.22. The number of aliphatic hydroxyl groups is 1. The number of nitro benzene ring substituents is 1. The van der Waals surface area contributed by atoms with Crippen molar-refractivity contribution in [2.45, 2.75) is 25.6 Å². The largest absolute Gasteiger partial charge is 0.416 e. The average molecular weight is 306 g/mol. The van der Waals surface area contributed by atoms with Crippen molar-refractivity contribution in [3.63, 3.8) is 0 Å². The third-order valence-corrected chi connectivity index (χ3v) is 2.66. The number of carbonyl (C=O) groups excluding carboxylic acids is 1. The molecule has 0 saturated heterocycles. The lowest BCUT2D eigenvalue weighted by molar-refractivity contribution is -0.385. The molecule has 1 amide bonds. The Balaban J connectivity index is 3.14. The Hall–Kier alpha value is -2.16. The lowest BCUT2D eigenvalue weighted by atomic mass is 10.1. The Morgan fingerprint density at radius 1 is 1.43 bits per heavy atom. The molecule has 1 rings (SSSR count). The fourth-order valence-corrected chi connectivity index (χ4v) is 1.58. The third kappa shape index (κ3) is 4.71. The van der Waals surface area contributed by atoms with Crippen LogP contribution in [0.5, 0.6) is 0 Å². The van der Waals surface area contributed by atoms with Gasteiger partial charge in [0.2, 0.25) is 0 Å². The van der Waals surface area contributed by atoms with Crippen LogP contribution in [-0.4, -0.2) is 28.6 Å². The van der Waals surface area contributed by atoms with Crippen LogP contribution in [0.1, 0.15) is 29.3 Å². The molecule has 1 atom stereocenters. The Kier molecular flexibility index (Phi) is 5.25. The molecule has 1 aromatic rings. The maximum absolute atomic E-state index is 12.7. The van der Waals surface area contributed by atoms with E-state index in [4.69, 9.17) is 5.11 Å². The van der Waals surface area contributed by atoms with Gasteiger partial charge in [-0.2, -0.15) is 13.2 Å². The predicted molar refractivity (Wildman–Crippen MR) is 66.7 cm³/mol. The van der Waals surface area contributed by atoms with E-state index < -0.39 is 39.9 Å². The van der Waals surface area contributed by atoms with Crippen LogP contribution in [0.3, 0.4) is 0 Å². The third-order valence-electron chi connectivity index (χ3n) is 2.66. The Labute approximate surface area is 117 Å². The quantitative estimate of drug-likeness (QED) is 0.643. The summed E-state index contributed by atoms with van der Waals surface area (Å²) in [6.07, 6.45) is -4.58. The number of nitrogens with zero attached hydrogens (tertiary/aromatic N) is 1. The Bertz CT molecular complexity index is 546. The molecule has 0 bridgehead atoms. The lowest BCUT2D eigenvalue weighted by Gasteiger charge is -2.13. The Morgan fingerprint density at radius 2 is 2.05 bits per heavy atom. The van der Waals surface area contributed by atoms with Gasteiger partial charge in [0.1, 0.15) is 0 Å². The van der Waals surface area contributed by atoms with Gasteiger partial charge >= 0.3 is 6.18 Å². The van der Waals surface area contributed by atoms with Gasteiger partial charge in [0.05, 0.1) is 10.5 Å². The zero-order chi connectivity index (χ0) is 16.2. The van der Waals surface area contributed by atoms with Crippen molar-refractivity contribution in [1.82, 2.24) is 5.32 Å². The SMILES string of the molecule is CC(CCO)NC(=O)c1cc([N+](=O)[O-])cc(C(F)(F)F)c1. The molecule has 6 nitrogen and oxygen atoms in total. The first-order valence-corrected chi connectivity index (χ1v) is 5.93. The molecule has 116 valence electrons. The highest BCUT2D eigenvalue weighted by Crippen LogP contribution is 2.32. The van der Waals surface area contributed by atoms with Crippen LogP contribution in [0.4, 0.5) is 18.9 Å². The van der Waals surface area contributed by atoms with E-state index in [1.165, 1.54) is 0 Å². The molecule has 0 aliphatic heterocycles. The molecule has 9 heteroatoms. The van der Waals surface area contributed by atoms with Gasteiger partial charge in [0.15, 0.2) is 0 Å². The van der Waals surface area contributed by atoms with Gasteiger partial charge in [0.25, 0.3) is 11.6 Å². The van der Waals surface area contributed by atoms with E-state index in [0.29, 0.717) is 12.1 Å². The summed E-state index contributed by atoms with van der Waals surface area (Å²) < 4.78 is 38.0. The zero-order valence-corrected chi connectivity index (χ0v) is 11.0. The van der Waals surface area contributed by atoms with Gasteiger partial charge < -0.3 is 10.4 Å². The van der Waals surface area contributed by atoms with Crippen LogP contribution in [0.25, 0.3) is 0 Å². The molecule has 0 heterocycles. The number of nitro groups is 1. The van der Waals surface area contributed by atoms with Crippen molar-refractivity contribution in [2.24, 2.45) is 0 Å². The van der Waals surface area contributed by atoms with Crippen LogP contribution in [-0.2, 0) is 6.18 Å². The molecule has 1 unspecified atom stereocenters. The lowest BCUT2D eigenvalue weighted by Crippen LogP contribution is -2.33. The number of nitrogens with one attached hydrogen (secondary N) is 1. The molecule has 0 aliphatic rings. The van der Waals surface area contributed by atoms with Crippen molar-refractivity contribution in [1.29, 1.82) is 0 Å². The highest BCUT2D eigenvalue weighted by molar-refractivity contribution is 5.95. The summed E-state index contributed by atoms with van der Waals surface area (Å²) in [5.41, 5.74) is -2.54. The van der Waals surface area contributed by atoms with E-state index in [9.17, 15) is 28.1 Å². The topological polar surface area (TPSA) is 92.5 Å². The second-order valence-corrected chi connectivity index (χ2v) is 4.41. The van der Waals surface area contributed by atoms with Gasteiger partial charge in [0, 0.05) is 30.3 Å². The summed E-state index contributed by atoms with van der Waals surface area (Å²) in [5, 5.41) is 21.7. The number of carbonyl (C=O) groups is 1. The minimum atomic E-state index is -4.79.